The molecule has 0 amide bonds. The summed E-state index contributed by atoms with van der Waals surface area (Å²) in [6.07, 6.45) is 21.0. The van der Waals surface area contributed by atoms with E-state index in [-0.39, 0.29) is 214 Å². The maximum atomic E-state index is 14.6. The van der Waals surface area contributed by atoms with Crippen LogP contribution in [0.1, 0.15) is 152 Å². The predicted octanol–water partition coefficient (Wildman–Crippen LogP) is 10.0. The molecule has 0 radical (unpaired) electrons. The van der Waals surface area contributed by atoms with E-state index in [1.807, 2.05) is 65.8 Å². The van der Waals surface area contributed by atoms with E-state index in [2.05, 4.69) is 18.0 Å². The fourth-order valence-electron chi connectivity index (χ4n) is 11.4. The van der Waals surface area contributed by atoms with Gasteiger partial charge in [-0.1, -0.05) is 114 Å². The van der Waals surface area contributed by atoms with E-state index in [0.717, 1.165) is 39.0 Å². The van der Waals surface area contributed by atoms with Crippen molar-refractivity contribution < 1.29 is 214 Å². The monoisotopic (exact) mass is 1980 g/mol. The standard InChI is InChI=1S/C39H38O9.C26H26O6.C19H18O4.CH2O3.2K.S14.H/c1-20(2)4-10-27-31(42)13-12-28(38(27)47)39(48)36-29(26-11-9-25(41)19-33(26)44)14-21(3)15-30(36)37-34(45)16-22(17-35(37)46)5-6-23-7-8-24(40)18-32(23)43;1-16(2)7-12-24-17(3)13-21(14-26(24)32-20(6)29)8-9-22-10-11-23(30-18(4)27)15-25(22)31-19(5)28;1-12(2)3-8-16-18(22)9-13(10-19(16)23)4-5-14-6-7-15(20)11-17(14)21;2-1-4-3;;;1-3-5-7-9-11-13-14-12-10-8-6-4-2;/h4-9,11-13,15-19,29-30,36,40-47H,10,14H2,1-3H3;7-15H,1H2,2-6H3;3-11,20-23H,1H2,2H3;1,3H;;;;/q;;;;2*+1;;-1/p-1/b6-5+;9-8+,12-7+;5-4+,8-3+;;;;;/t29-,30+,36-;;;;;;;/m1......./s1. The number of esters is 3. The number of phenols is 12. The van der Waals surface area contributed by atoms with Gasteiger partial charge in [-0.25, -0.2) is 0 Å². The first-order chi connectivity index (χ1) is 57.5. The Morgan fingerprint density at radius 1 is 0.480 bits per heavy atom. The second-order valence-corrected chi connectivity index (χ2v) is 47.2. The Morgan fingerprint density at radius 2 is 0.911 bits per heavy atom. The number of benzene rings is 8. The maximum absolute atomic E-state index is 14.6. The Hall–Kier alpha value is -7.12. The van der Waals surface area contributed by atoms with Gasteiger partial charge in [-0.05, 0) is 173 Å². The molecule has 12 N–H and O–H groups in total. The third kappa shape index (κ3) is 38.2. The molecule has 0 unspecified atom stereocenters. The van der Waals surface area contributed by atoms with Gasteiger partial charge in [0.1, 0.15) is 86.2 Å². The summed E-state index contributed by atoms with van der Waals surface area (Å²) in [6, 6.07) is 29.4. The molecule has 123 heavy (non-hydrogen) atoms. The quantitative estimate of drug-likeness (QED) is 0.00322. The van der Waals surface area contributed by atoms with Crippen molar-refractivity contribution in [3.8, 4) is 86.2 Å². The fourth-order valence-corrected chi connectivity index (χ4v) is 38.8. The third-order valence-corrected chi connectivity index (χ3v) is 40.8. The summed E-state index contributed by atoms with van der Waals surface area (Å²) in [5.41, 5.74) is 9.21. The van der Waals surface area contributed by atoms with Crippen molar-refractivity contribution in [2.45, 2.75) is 87.0 Å². The number of hydrogen-bond donors (Lipinski definition) is 12. The largest absolute Gasteiger partial charge is 1.00 e. The average molecular weight is 1980 g/mol. The van der Waals surface area contributed by atoms with Crippen molar-refractivity contribution >= 4 is 208 Å². The van der Waals surface area contributed by atoms with Gasteiger partial charge in [0, 0.05) is 225 Å². The molecule has 38 heteroatoms. The van der Waals surface area contributed by atoms with Crippen LogP contribution in [0.4, 0.5) is 0 Å². The first kappa shape index (κ1) is 110. The average Bonchev–Trinajstić information content (AvgIpc) is 0.747. The van der Waals surface area contributed by atoms with Crippen LogP contribution < -0.4 is 122 Å². The molecule has 642 valence electrons. The van der Waals surface area contributed by atoms with Gasteiger partial charge in [-0.3, -0.25) is 24.0 Å². The Labute approximate surface area is 842 Å². The van der Waals surface area contributed by atoms with Crippen LogP contribution in [0, 0.1) is 12.8 Å². The van der Waals surface area contributed by atoms with E-state index in [4.69, 9.17) is 46.6 Å². The molecule has 9 rings (SSSR count). The number of rotatable bonds is 20. The molecule has 0 saturated heterocycles. The molecule has 0 bridgehead atoms. The number of phenolic OH excluding ortho intramolecular Hbond substituents is 12. The molecular formula is C85H84K2O22S14. The number of carbonyl (C=O) groups excluding carboxylic acids is 5. The molecule has 3 atom stereocenters. The second-order valence-electron chi connectivity index (χ2n) is 26.0. The normalized spacial score (nSPS) is 12.8. The third-order valence-electron chi connectivity index (χ3n) is 16.4. The molecule has 8 aromatic carbocycles. The smallest absolute Gasteiger partial charge is 1.00 e. The summed E-state index contributed by atoms with van der Waals surface area (Å²) in [4.78, 5) is 60.2. The summed E-state index contributed by atoms with van der Waals surface area (Å²) in [7, 11) is 19.9. The van der Waals surface area contributed by atoms with Gasteiger partial charge in [0.2, 0.25) is 0 Å². The topological polar surface area (TPSA) is 388 Å². The maximum Gasteiger partial charge on any atom is 1.00 e. The molecule has 0 heterocycles. The van der Waals surface area contributed by atoms with Crippen LogP contribution in [0.3, 0.4) is 0 Å². The van der Waals surface area contributed by atoms with Gasteiger partial charge in [-0.2, -0.15) is 0 Å². The minimum absolute atomic E-state index is 0. The first-order valence-corrected chi connectivity index (χ1v) is 52.4. The zero-order valence-corrected chi connectivity index (χ0v) is 85.5. The van der Waals surface area contributed by atoms with E-state index in [1.54, 1.807) is 168 Å². The number of hydrogen-bond acceptors (Lipinski definition) is 24. The number of ketones is 1. The Kier molecular flexibility index (Phi) is 51.5. The molecule has 1 aliphatic rings. The number of aromatic hydroxyl groups is 12. The van der Waals surface area contributed by atoms with Crippen LogP contribution >= 0.6 is 0 Å². The van der Waals surface area contributed by atoms with Crippen LogP contribution in [-0.4, -0.2) is 91.4 Å². The molecule has 1 aliphatic carbocycles. The van der Waals surface area contributed by atoms with Crippen molar-refractivity contribution in [1.29, 1.82) is 0 Å². The number of aryl methyl sites for hydroxylation is 1. The predicted molar refractivity (Wildman–Crippen MR) is 511 cm³/mol. The van der Waals surface area contributed by atoms with Gasteiger partial charge in [0.05, 0.1) is 11.1 Å². The summed E-state index contributed by atoms with van der Waals surface area (Å²) in [5, 5.41) is 133. The Bertz CT molecular complexity index is 5980. The Morgan fingerprint density at radius 3 is 1.36 bits per heavy atom. The molecule has 0 spiro atoms. The summed E-state index contributed by atoms with van der Waals surface area (Å²) >= 11 is 9.43. The van der Waals surface area contributed by atoms with Crippen molar-refractivity contribution in [3.05, 3.63) is 253 Å². The van der Waals surface area contributed by atoms with Gasteiger partial charge in [-0.15, -0.1) is 0 Å². The molecular weight excluding hydrogens is 1900 g/mol. The zero-order valence-electron chi connectivity index (χ0n) is 68.8. The molecule has 22 nitrogen and oxygen atoms in total. The van der Waals surface area contributed by atoms with E-state index < -0.39 is 41.4 Å². The minimum Gasteiger partial charge on any atom is -1.00 e. The van der Waals surface area contributed by atoms with Crippen molar-refractivity contribution in [1.82, 2.24) is 0 Å². The number of ether oxygens (including phenoxy) is 3. The van der Waals surface area contributed by atoms with Crippen LogP contribution in [0.25, 0.3) is 48.6 Å². The number of allylic oxidation sites excluding steroid dienone is 8. The van der Waals surface area contributed by atoms with E-state index >= 15 is 0 Å². The van der Waals surface area contributed by atoms with Crippen molar-refractivity contribution in [2.24, 2.45) is 5.92 Å². The van der Waals surface area contributed by atoms with Crippen LogP contribution in [0.5, 0.6) is 86.2 Å². The molecule has 0 aromatic heterocycles. The second kappa shape index (κ2) is 57.6. The molecule has 0 fully saturated rings. The van der Waals surface area contributed by atoms with Gasteiger partial charge >= 0.3 is 121 Å². The van der Waals surface area contributed by atoms with Crippen molar-refractivity contribution in [3.63, 3.8) is 0 Å². The van der Waals surface area contributed by atoms with Gasteiger partial charge < -0.3 is 87.1 Å². The van der Waals surface area contributed by atoms with Crippen LogP contribution in [0.2, 0.25) is 0 Å². The number of carbonyl (C=O) groups is 5. The summed E-state index contributed by atoms with van der Waals surface area (Å²) < 4.78 is 15.7. The molecule has 0 aliphatic heterocycles. The minimum atomic E-state index is -1.07. The van der Waals surface area contributed by atoms with Gasteiger partial charge in [0.25, 0.3) is 6.47 Å². The van der Waals surface area contributed by atoms with Crippen LogP contribution in [-0.2, 0) is 159 Å². The Balaban J connectivity index is 0.000000593. The first-order valence-electron chi connectivity index (χ1n) is 35.1. The van der Waals surface area contributed by atoms with Gasteiger partial charge in [0.15, 0.2) is 5.78 Å². The van der Waals surface area contributed by atoms with E-state index in [1.165, 1.54) is 130 Å². The SMILES string of the molecule is C=C(C)/C=C/c1c(C)cc(/C=C/c2ccc(OC(C)=O)cc2OC(C)=O)cc1OC(C)=O.C=C(C)/C=C/c1c(O)cc(/C=C/c2ccc(O)cc2O)cc1O.CC(C)=CCc1c(O)ccc(C(=O)[C@H]2[C@@H](c3c(O)cc(/C=C/c4ccc(O)cc4O)cc3O)C=C(C)C[C@@H]2c2ccc(O)cc2O)c1O.O=CO[O-].S=S=S=S=S=S=S=S=S=S=S=S=S=S.[H-].[K+].[K+]. The molecule has 0 saturated carbocycles. The summed E-state index contributed by atoms with van der Waals surface area (Å²) in [6.45, 7) is 22.5. The van der Waals surface area contributed by atoms with E-state index in [9.17, 15) is 80.5 Å². The van der Waals surface area contributed by atoms with Crippen LogP contribution in [0.15, 0.2) is 181 Å². The van der Waals surface area contributed by atoms with Crippen molar-refractivity contribution in [2.75, 3.05) is 0 Å². The fraction of sp³-hybridized carbons (Fsp3) is 0.165. The number of Topliss-reactive ketones (excluding diaryl/α,β-unsaturated/α-hetero) is 1. The zero-order chi connectivity index (χ0) is 89.6. The van der Waals surface area contributed by atoms with E-state index in [0.29, 0.717) is 51.1 Å². The molecule has 8 aromatic rings. The summed E-state index contributed by atoms with van der Waals surface area (Å²) in [5.74, 6) is -5.75.